The van der Waals surface area contributed by atoms with Crippen molar-refractivity contribution < 1.29 is 17.9 Å². The third-order valence-electron chi connectivity index (χ3n) is 4.14. The van der Waals surface area contributed by atoms with Crippen molar-refractivity contribution in [3.63, 3.8) is 0 Å². The Hall–Kier alpha value is -3.03. The van der Waals surface area contributed by atoms with Crippen molar-refractivity contribution in [3.8, 4) is 5.75 Å². The van der Waals surface area contributed by atoms with Crippen LogP contribution in [0.5, 0.6) is 5.75 Å². The lowest BCUT2D eigenvalue weighted by atomic mass is 10.2. The number of ether oxygens (including phenoxy) is 1. The van der Waals surface area contributed by atoms with Gasteiger partial charge >= 0.3 is 0 Å². The molecule has 156 valence electrons. The molecule has 0 heterocycles. The Bertz CT molecular complexity index is 1110. The second-order valence-electron chi connectivity index (χ2n) is 6.61. The molecule has 3 aromatic carbocycles. The molecule has 6 nitrogen and oxygen atoms in total. The monoisotopic (exact) mass is 444 g/mol. The average Bonchev–Trinajstić information content (AvgIpc) is 2.75. The van der Waals surface area contributed by atoms with Crippen molar-refractivity contribution in [2.45, 2.75) is 17.9 Å². The Kier molecular flexibility index (Phi) is 6.97. The Morgan fingerprint density at radius 3 is 2.30 bits per heavy atom. The predicted octanol–water partition coefficient (Wildman–Crippen LogP) is 4.34. The largest absolute Gasteiger partial charge is 0.491 e. The van der Waals surface area contributed by atoms with Crippen molar-refractivity contribution in [3.05, 3.63) is 89.4 Å². The van der Waals surface area contributed by atoms with Gasteiger partial charge in [0, 0.05) is 5.69 Å². The van der Waals surface area contributed by atoms with Gasteiger partial charge in [0.1, 0.15) is 12.4 Å². The molecule has 0 aliphatic heterocycles. The summed E-state index contributed by atoms with van der Waals surface area (Å²) in [5, 5.41) is 3.02. The SMILES string of the molecule is C[C@H](COc1ccccc1)NC(=O)c1cc(NS(=O)(=O)c2ccccc2)ccc1Cl. The van der Waals surface area contributed by atoms with E-state index in [1.165, 1.54) is 30.3 Å². The van der Waals surface area contributed by atoms with E-state index in [0.717, 1.165) is 0 Å². The van der Waals surface area contributed by atoms with Crippen molar-refractivity contribution >= 4 is 33.2 Å². The average molecular weight is 445 g/mol. The molecule has 0 spiro atoms. The molecule has 0 radical (unpaired) electrons. The molecule has 0 aliphatic carbocycles. The first-order chi connectivity index (χ1) is 14.3. The molecule has 0 aliphatic rings. The van der Waals surface area contributed by atoms with E-state index in [2.05, 4.69) is 10.0 Å². The van der Waals surface area contributed by atoms with Crippen LogP contribution in [-0.4, -0.2) is 27.0 Å². The minimum atomic E-state index is -3.78. The molecule has 2 N–H and O–H groups in total. The molecule has 8 heteroatoms. The number of hydrogen-bond acceptors (Lipinski definition) is 4. The van der Waals surface area contributed by atoms with Crippen LogP contribution in [0.4, 0.5) is 5.69 Å². The lowest BCUT2D eigenvalue weighted by molar-refractivity contribution is 0.0927. The lowest BCUT2D eigenvalue weighted by Gasteiger charge is -2.16. The van der Waals surface area contributed by atoms with Crippen molar-refractivity contribution in [2.24, 2.45) is 0 Å². The van der Waals surface area contributed by atoms with Gasteiger partial charge in [-0.2, -0.15) is 0 Å². The van der Waals surface area contributed by atoms with Gasteiger partial charge in [-0.3, -0.25) is 9.52 Å². The van der Waals surface area contributed by atoms with Crippen molar-refractivity contribution in [1.82, 2.24) is 5.32 Å². The zero-order valence-electron chi connectivity index (χ0n) is 16.2. The fraction of sp³-hybridized carbons (Fsp3) is 0.136. The van der Waals surface area contributed by atoms with E-state index in [1.54, 1.807) is 25.1 Å². The Labute approximate surface area is 180 Å². The number of hydrogen-bond donors (Lipinski definition) is 2. The molecular weight excluding hydrogens is 424 g/mol. The topological polar surface area (TPSA) is 84.5 Å². The van der Waals surface area contributed by atoms with E-state index < -0.39 is 15.9 Å². The van der Waals surface area contributed by atoms with Gasteiger partial charge in [0.15, 0.2) is 0 Å². The Morgan fingerprint density at radius 1 is 1.00 bits per heavy atom. The normalized spacial score (nSPS) is 12.1. The van der Waals surface area contributed by atoms with Crippen LogP contribution in [0, 0.1) is 0 Å². The molecule has 0 aromatic heterocycles. The molecule has 0 fully saturated rings. The fourth-order valence-corrected chi connectivity index (χ4v) is 3.93. The van der Waals surface area contributed by atoms with Gasteiger partial charge < -0.3 is 10.1 Å². The first-order valence-electron chi connectivity index (χ1n) is 9.21. The second-order valence-corrected chi connectivity index (χ2v) is 8.70. The summed E-state index contributed by atoms with van der Waals surface area (Å²) < 4.78 is 33.1. The molecule has 1 amide bonds. The van der Waals surface area contributed by atoms with E-state index in [1.807, 2.05) is 30.3 Å². The van der Waals surface area contributed by atoms with Gasteiger partial charge in [-0.15, -0.1) is 0 Å². The summed E-state index contributed by atoms with van der Waals surface area (Å²) in [5.41, 5.74) is 0.401. The summed E-state index contributed by atoms with van der Waals surface area (Å²) in [6, 6.07) is 21.3. The van der Waals surface area contributed by atoms with Gasteiger partial charge in [-0.25, -0.2) is 8.42 Å². The molecule has 0 bridgehead atoms. The van der Waals surface area contributed by atoms with Crippen LogP contribution >= 0.6 is 11.6 Å². The zero-order valence-corrected chi connectivity index (χ0v) is 17.8. The van der Waals surface area contributed by atoms with Crippen LogP contribution in [0.3, 0.4) is 0 Å². The highest BCUT2D eigenvalue weighted by Crippen LogP contribution is 2.23. The Morgan fingerprint density at radius 2 is 1.63 bits per heavy atom. The third-order valence-corrected chi connectivity index (χ3v) is 5.86. The number of sulfonamides is 1. The van der Waals surface area contributed by atoms with Crippen LogP contribution in [0.25, 0.3) is 0 Å². The maximum Gasteiger partial charge on any atom is 0.261 e. The van der Waals surface area contributed by atoms with E-state index in [0.29, 0.717) is 5.75 Å². The van der Waals surface area contributed by atoms with E-state index in [4.69, 9.17) is 16.3 Å². The molecule has 3 rings (SSSR count). The van der Waals surface area contributed by atoms with Crippen LogP contribution in [0.15, 0.2) is 83.8 Å². The summed E-state index contributed by atoms with van der Waals surface area (Å²) in [6.45, 7) is 2.07. The Balaban J connectivity index is 1.67. The zero-order chi connectivity index (χ0) is 21.6. The van der Waals surface area contributed by atoms with E-state index in [9.17, 15) is 13.2 Å². The minimum absolute atomic E-state index is 0.123. The van der Waals surface area contributed by atoms with Crippen molar-refractivity contribution in [1.29, 1.82) is 0 Å². The standard InChI is InChI=1S/C22H21ClN2O4S/c1-16(15-29-18-8-4-2-5-9-18)24-22(26)20-14-17(12-13-21(20)23)25-30(27,28)19-10-6-3-7-11-19/h2-14,16,25H,15H2,1H3,(H,24,26)/t16-/m1/s1. The third kappa shape index (κ3) is 5.75. The maximum absolute atomic E-state index is 12.6. The number of benzene rings is 3. The molecule has 0 unspecified atom stereocenters. The van der Waals surface area contributed by atoms with Crippen molar-refractivity contribution in [2.75, 3.05) is 11.3 Å². The van der Waals surface area contributed by atoms with Gasteiger partial charge in [0.25, 0.3) is 15.9 Å². The summed E-state index contributed by atoms with van der Waals surface area (Å²) in [4.78, 5) is 12.8. The lowest BCUT2D eigenvalue weighted by Crippen LogP contribution is -2.37. The number of amides is 1. The number of carbonyl (C=O) groups is 1. The summed E-state index contributed by atoms with van der Waals surface area (Å²) in [5.74, 6) is 0.277. The molecule has 0 saturated carbocycles. The van der Waals surface area contributed by atoms with E-state index in [-0.39, 0.29) is 33.8 Å². The highest BCUT2D eigenvalue weighted by atomic mass is 35.5. The molecule has 1 atom stereocenters. The van der Waals surface area contributed by atoms with Crippen LogP contribution in [0.1, 0.15) is 17.3 Å². The van der Waals surface area contributed by atoms with E-state index >= 15 is 0 Å². The summed E-state index contributed by atoms with van der Waals surface area (Å²) >= 11 is 6.17. The van der Waals surface area contributed by atoms with Gasteiger partial charge in [0.2, 0.25) is 0 Å². The van der Waals surface area contributed by atoms with Crippen LogP contribution in [0.2, 0.25) is 5.02 Å². The maximum atomic E-state index is 12.6. The summed E-state index contributed by atoms with van der Waals surface area (Å²) in [6.07, 6.45) is 0. The number of rotatable bonds is 8. The highest BCUT2D eigenvalue weighted by molar-refractivity contribution is 7.92. The number of anilines is 1. The van der Waals surface area contributed by atoms with Crippen LogP contribution < -0.4 is 14.8 Å². The summed E-state index contributed by atoms with van der Waals surface area (Å²) in [7, 11) is -3.78. The minimum Gasteiger partial charge on any atom is -0.491 e. The molecular formula is C22H21ClN2O4S. The fourth-order valence-electron chi connectivity index (χ4n) is 2.66. The van der Waals surface area contributed by atoms with Crippen LogP contribution in [-0.2, 0) is 10.0 Å². The van der Waals surface area contributed by atoms with Gasteiger partial charge in [-0.05, 0) is 49.4 Å². The smallest absolute Gasteiger partial charge is 0.261 e. The number of para-hydroxylation sites is 1. The highest BCUT2D eigenvalue weighted by Gasteiger charge is 2.18. The first kappa shape index (κ1) is 21.7. The molecule has 3 aromatic rings. The van der Waals surface area contributed by atoms with Gasteiger partial charge in [-0.1, -0.05) is 48.0 Å². The first-order valence-corrected chi connectivity index (χ1v) is 11.1. The number of carbonyl (C=O) groups excluding carboxylic acids is 1. The number of nitrogens with one attached hydrogen (secondary N) is 2. The van der Waals surface area contributed by atoms with Gasteiger partial charge in [0.05, 0.1) is 21.5 Å². The second kappa shape index (κ2) is 9.65. The quantitative estimate of drug-likeness (QED) is 0.541. The molecule has 30 heavy (non-hydrogen) atoms. The number of halogens is 1. The predicted molar refractivity (Wildman–Crippen MR) is 118 cm³/mol. The molecule has 0 saturated heterocycles.